The van der Waals surface area contributed by atoms with Crippen LogP contribution >= 0.6 is 0 Å². The van der Waals surface area contributed by atoms with Crippen LogP contribution in [0.15, 0.2) is 16.9 Å². The van der Waals surface area contributed by atoms with Crippen molar-refractivity contribution in [2.75, 3.05) is 6.54 Å². The van der Waals surface area contributed by atoms with E-state index in [2.05, 4.69) is 15.5 Å². The molecular weight excluding hydrogens is 199 g/mol. The molecule has 1 rings (SSSR count). The van der Waals surface area contributed by atoms with Gasteiger partial charge in [-0.1, -0.05) is 0 Å². The van der Waals surface area contributed by atoms with Gasteiger partial charge in [0.2, 0.25) is 0 Å². The monoisotopic (exact) mass is 207 g/mol. The van der Waals surface area contributed by atoms with E-state index in [0.717, 1.165) is 0 Å². The zero-order valence-corrected chi connectivity index (χ0v) is 7.06. The molecule has 0 unspecified atom stereocenters. The van der Waals surface area contributed by atoms with Gasteiger partial charge in [0.05, 0.1) is 12.2 Å². The Hall–Kier alpha value is -1.37. The number of nitrogens with zero attached hydrogens (tertiary/aromatic N) is 1. The second-order valence-corrected chi connectivity index (χ2v) is 2.63. The van der Waals surface area contributed by atoms with Crippen LogP contribution < -0.4 is 10.9 Å². The number of aromatic nitrogens is 2. The number of hydrogen-bond donors (Lipinski definition) is 2. The number of H-pyrrole nitrogens is 1. The first-order valence-corrected chi connectivity index (χ1v) is 3.79. The molecule has 0 radical (unpaired) electrons. The van der Waals surface area contributed by atoms with Gasteiger partial charge in [-0.3, -0.25) is 4.79 Å². The summed E-state index contributed by atoms with van der Waals surface area (Å²) < 4.78 is 35.0. The molecule has 0 aliphatic carbocycles. The van der Waals surface area contributed by atoms with Crippen molar-refractivity contribution in [1.29, 1.82) is 0 Å². The van der Waals surface area contributed by atoms with Gasteiger partial charge >= 0.3 is 6.18 Å². The Morgan fingerprint density at radius 3 is 2.64 bits per heavy atom. The largest absolute Gasteiger partial charge is 0.401 e. The van der Waals surface area contributed by atoms with Crippen LogP contribution in [0, 0.1) is 0 Å². The van der Waals surface area contributed by atoms with Crippen molar-refractivity contribution >= 4 is 0 Å². The fourth-order valence-corrected chi connectivity index (χ4v) is 0.804. The first kappa shape index (κ1) is 10.7. The van der Waals surface area contributed by atoms with Gasteiger partial charge in [-0.2, -0.15) is 18.3 Å². The SMILES string of the molecule is O=c1ccc(CNCC(F)(F)F)n[nH]1. The van der Waals surface area contributed by atoms with E-state index in [1.165, 1.54) is 12.1 Å². The number of nitrogens with one attached hydrogen (secondary N) is 2. The summed E-state index contributed by atoms with van der Waals surface area (Å²) in [5.41, 5.74) is -0.0292. The second-order valence-electron chi connectivity index (χ2n) is 2.63. The molecule has 14 heavy (non-hydrogen) atoms. The van der Waals surface area contributed by atoms with Gasteiger partial charge in [0.1, 0.15) is 0 Å². The van der Waals surface area contributed by atoms with E-state index in [4.69, 9.17) is 0 Å². The van der Waals surface area contributed by atoms with Crippen LogP contribution in [0.2, 0.25) is 0 Å². The van der Waals surface area contributed by atoms with Crippen molar-refractivity contribution in [3.63, 3.8) is 0 Å². The molecule has 0 amide bonds. The molecule has 1 heterocycles. The highest BCUT2D eigenvalue weighted by Gasteiger charge is 2.26. The highest BCUT2D eigenvalue weighted by Crippen LogP contribution is 2.12. The molecule has 0 saturated heterocycles. The topological polar surface area (TPSA) is 57.8 Å². The molecule has 4 nitrogen and oxygen atoms in total. The molecule has 0 bridgehead atoms. The molecule has 0 fully saturated rings. The summed E-state index contributed by atoms with van der Waals surface area (Å²) in [6.45, 7) is -1.11. The molecule has 78 valence electrons. The minimum atomic E-state index is -4.23. The van der Waals surface area contributed by atoms with Crippen LogP contribution in [-0.4, -0.2) is 22.9 Å². The summed E-state index contributed by atoms with van der Waals surface area (Å²) in [4.78, 5) is 10.5. The Morgan fingerprint density at radius 2 is 2.14 bits per heavy atom. The molecule has 1 aromatic rings. The molecule has 0 aliphatic heterocycles. The molecule has 0 spiro atoms. The van der Waals surface area contributed by atoms with Crippen molar-refractivity contribution in [1.82, 2.24) is 15.5 Å². The summed E-state index contributed by atoms with van der Waals surface area (Å²) in [6, 6.07) is 2.57. The van der Waals surface area contributed by atoms with E-state index >= 15 is 0 Å². The van der Waals surface area contributed by atoms with Gasteiger partial charge in [0, 0.05) is 12.6 Å². The minimum Gasteiger partial charge on any atom is -0.303 e. The smallest absolute Gasteiger partial charge is 0.303 e. The fourth-order valence-electron chi connectivity index (χ4n) is 0.804. The summed E-state index contributed by atoms with van der Waals surface area (Å²) >= 11 is 0. The second kappa shape index (κ2) is 4.23. The Labute approximate surface area is 77.1 Å². The fraction of sp³-hybridized carbons (Fsp3) is 0.429. The molecular formula is C7H8F3N3O. The van der Waals surface area contributed by atoms with Crippen molar-refractivity contribution in [3.8, 4) is 0 Å². The summed E-state index contributed by atoms with van der Waals surface area (Å²) in [7, 11) is 0. The molecule has 7 heteroatoms. The standard InChI is InChI=1S/C7H8F3N3O/c8-7(9,10)4-11-3-5-1-2-6(14)13-12-5/h1-2,11H,3-4H2,(H,13,14). The van der Waals surface area contributed by atoms with Crippen molar-refractivity contribution in [2.45, 2.75) is 12.7 Å². The summed E-state index contributed by atoms with van der Waals surface area (Å²) in [6.07, 6.45) is -4.23. The Bertz CT molecular complexity index is 326. The third kappa shape index (κ3) is 4.04. The normalized spacial score (nSPS) is 11.6. The van der Waals surface area contributed by atoms with E-state index in [1.807, 2.05) is 0 Å². The number of halogens is 3. The molecule has 0 saturated carbocycles. The lowest BCUT2D eigenvalue weighted by Crippen LogP contribution is -2.28. The first-order valence-electron chi connectivity index (χ1n) is 3.79. The minimum absolute atomic E-state index is 0.0315. The van der Waals surface area contributed by atoms with Crippen LogP contribution in [0.4, 0.5) is 13.2 Å². The third-order valence-corrected chi connectivity index (χ3v) is 1.37. The Balaban J connectivity index is 2.39. The molecule has 0 aliphatic rings. The van der Waals surface area contributed by atoms with Gasteiger partial charge in [-0.05, 0) is 6.07 Å². The Kier molecular flexibility index (Phi) is 3.23. The van der Waals surface area contributed by atoms with Crippen LogP contribution in [0.25, 0.3) is 0 Å². The lowest BCUT2D eigenvalue weighted by molar-refractivity contribution is -0.125. The lowest BCUT2D eigenvalue weighted by Gasteiger charge is -2.06. The van der Waals surface area contributed by atoms with E-state index in [0.29, 0.717) is 5.69 Å². The van der Waals surface area contributed by atoms with Gasteiger partial charge in [-0.25, -0.2) is 5.10 Å². The Morgan fingerprint density at radius 1 is 1.43 bits per heavy atom. The average molecular weight is 207 g/mol. The summed E-state index contributed by atoms with van der Waals surface area (Å²) in [5, 5.41) is 7.80. The van der Waals surface area contributed by atoms with Gasteiger partial charge < -0.3 is 5.32 Å². The molecule has 0 aromatic carbocycles. The van der Waals surface area contributed by atoms with E-state index < -0.39 is 12.7 Å². The quantitative estimate of drug-likeness (QED) is 0.755. The maximum Gasteiger partial charge on any atom is 0.401 e. The van der Waals surface area contributed by atoms with Crippen LogP contribution in [-0.2, 0) is 6.54 Å². The molecule has 2 N–H and O–H groups in total. The van der Waals surface area contributed by atoms with E-state index in [-0.39, 0.29) is 12.1 Å². The number of hydrogen-bond acceptors (Lipinski definition) is 3. The lowest BCUT2D eigenvalue weighted by atomic mass is 10.4. The van der Waals surface area contributed by atoms with Crippen LogP contribution in [0.5, 0.6) is 0 Å². The van der Waals surface area contributed by atoms with E-state index in [9.17, 15) is 18.0 Å². The zero-order chi connectivity index (χ0) is 10.6. The average Bonchev–Trinajstić information content (AvgIpc) is 2.06. The van der Waals surface area contributed by atoms with Gasteiger partial charge in [0.25, 0.3) is 5.56 Å². The van der Waals surface area contributed by atoms with Crippen molar-refractivity contribution < 1.29 is 13.2 Å². The number of alkyl halides is 3. The number of rotatable bonds is 3. The predicted molar refractivity (Wildman–Crippen MR) is 42.6 cm³/mol. The van der Waals surface area contributed by atoms with Gasteiger partial charge in [-0.15, -0.1) is 0 Å². The van der Waals surface area contributed by atoms with Crippen molar-refractivity contribution in [3.05, 3.63) is 28.2 Å². The number of aromatic amines is 1. The molecule has 1 aromatic heterocycles. The zero-order valence-electron chi connectivity index (χ0n) is 7.06. The maximum absolute atomic E-state index is 11.7. The van der Waals surface area contributed by atoms with Crippen molar-refractivity contribution in [2.24, 2.45) is 0 Å². The predicted octanol–water partition coefficient (Wildman–Crippen LogP) is 0.422. The van der Waals surface area contributed by atoms with Crippen LogP contribution in [0.3, 0.4) is 0 Å². The molecule has 0 atom stereocenters. The summed E-state index contributed by atoms with van der Waals surface area (Å²) in [5.74, 6) is 0. The van der Waals surface area contributed by atoms with Gasteiger partial charge in [0.15, 0.2) is 0 Å². The maximum atomic E-state index is 11.7. The first-order chi connectivity index (χ1) is 6.47. The highest BCUT2D eigenvalue weighted by atomic mass is 19.4. The third-order valence-electron chi connectivity index (χ3n) is 1.37. The van der Waals surface area contributed by atoms with E-state index in [1.54, 1.807) is 0 Å². The van der Waals surface area contributed by atoms with Crippen LogP contribution in [0.1, 0.15) is 5.69 Å². The highest BCUT2D eigenvalue weighted by molar-refractivity contribution is 4.98.